The van der Waals surface area contributed by atoms with Crippen LogP contribution in [0, 0.1) is 0 Å². The molecule has 0 radical (unpaired) electrons. The fourth-order valence-corrected chi connectivity index (χ4v) is 3.98. The molecule has 1 aromatic carbocycles. The number of hydrogen-bond donors (Lipinski definition) is 2. The Morgan fingerprint density at radius 3 is 3.04 bits per heavy atom. The quantitative estimate of drug-likeness (QED) is 0.843. The molecule has 2 amide bonds. The van der Waals surface area contributed by atoms with E-state index in [9.17, 15) is 9.90 Å². The van der Waals surface area contributed by atoms with Gasteiger partial charge in [0.05, 0.1) is 12.6 Å². The molecule has 0 spiro atoms. The van der Waals surface area contributed by atoms with Gasteiger partial charge in [-0.15, -0.1) is 10.2 Å². The van der Waals surface area contributed by atoms with Crippen LogP contribution in [0.1, 0.15) is 41.9 Å². The molecule has 6 nitrogen and oxygen atoms in total. The molecule has 7 heteroatoms. The fraction of sp³-hybridized carbons (Fsp3) is 0.471. The normalized spacial score (nSPS) is 16.0. The highest BCUT2D eigenvalue weighted by molar-refractivity contribution is 7.15. The van der Waals surface area contributed by atoms with E-state index in [1.54, 1.807) is 4.90 Å². The average molecular weight is 346 g/mol. The molecule has 0 bridgehead atoms. The van der Waals surface area contributed by atoms with Gasteiger partial charge >= 0.3 is 6.03 Å². The number of hydrogen-bond acceptors (Lipinski definition) is 5. The van der Waals surface area contributed by atoms with Gasteiger partial charge in [-0.2, -0.15) is 0 Å². The summed E-state index contributed by atoms with van der Waals surface area (Å²) in [6.07, 6.45) is 3.70. The highest BCUT2D eigenvalue weighted by atomic mass is 32.1. The molecule has 3 rings (SSSR count). The van der Waals surface area contributed by atoms with E-state index in [0.717, 1.165) is 30.7 Å². The van der Waals surface area contributed by atoms with E-state index >= 15 is 0 Å². The third-order valence-electron chi connectivity index (χ3n) is 4.22. The summed E-state index contributed by atoms with van der Waals surface area (Å²) < 4.78 is 0. The lowest BCUT2D eigenvalue weighted by atomic mass is 10.1. The van der Waals surface area contributed by atoms with Crippen LogP contribution in [-0.2, 0) is 12.8 Å². The third kappa shape index (κ3) is 3.57. The summed E-state index contributed by atoms with van der Waals surface area (Å²) in [6.45, 7) is 2.31. The number of aryl methyl sites for hydroxylation is 2. The average Bonchev–Trinajstić information content (AvgIpc) is 3.20. The zero-order valence-corrected chi connectivity index (χ0v) is 14.6. The van der Waals surface area contributed by atoms with Gasteiger partial charge in [0, 0.05) is 13.0 Å². The van der Waals surface area contributed by atoms with Crippen LogP contribution in [0.4, 0.5) is 9.93 Å². The summed E-state index contributed by atoms with van der Waals surface area (Å²) in [5.41, 5.74) is 2.45. The van der Waals surface area contributed by atoms with Crippen LogP contribution in [0.5, 0.6) is 0 Å². The van der Waals surface area contributed by atoms with Gasteiger partial charge in [0.25, 0.3) is 0 Å². The van der Waals surface area contributed by atoms with Gasteiger partial charge in [0.15, 0.2) is 0 Å². The van der Waals surface area contributed by atoms with Crippen LogP contribution in [0.3, 0.4) is 0 Å². The highest BCUT2D eigenvalue weighted by Crippen LogP contribution is 2.35. The molecule has 0 fully saturated rings. The number of benzene rings is 1. The largest absolute Gasteiger partial charge is 0.395 e. The van der Waals surface area contributed by atoms with Crippen molar-refractivity contribution in [2.24, 2.45) is 0 Å². The van der Waals surface area contributed by atoms with Gasteiger partial charge < -0.3 is 10.0 Å². The second kappa shape index (κ2) is 7.72. The number of rotatable bonds is 6. The number of carbonyl (C=O) groups excluding carboxylic acids is 1. The molecule has 1 aliphatic rings. The van der Waals surface area contributed by atoms with E-state index in [4.69, 9.17) is 0 Å². The smallest absolute Gasteiger partial charge is 0.324 e. The number of nitrogens with one attached hydrogen (secondary N) is 1. The maximum atomic E-state index is 12.7. The maximum Gasteiger partial charge on any atom is 0.324 e. The minimum absolute atomic E-state index is 0.00335. The molecule has 0 saturated heterocycles. The Kier molecular flexibility index (Phi) is 5.42. The van der Waals surface area contributed by atoms with Gasteiger partial charge in [0.2, 0.25) is 5.13 Å². The SMILES string of the molecule is CCCc1nnc(NC(=O)N(CCO)C2CCc3ccccc32)s1. The standard InChI is InChI=1S/C17H22N4O2S/c1-2-5-15-19-20-16(24-15)18-17(23)21(10-11-22)14-9-8-12-6-3-4-7-13(12)14/h3-4,6-7,14,22H,2,5,8-11H2,1H3,(H,18,20,23). The Labute approximate surface area is 145 Å². The molecule has 0 aliphatic heterocycles. The summed E-state index contributed by atoms with van der Waals surface area (Å²) in [5.74, 6) is 0. The van der Waals surface area contributed by atoms with E-state index in [0.29, 0.717) is 11.7 Å². The van der Waals surface area contributed by atoms with E-state index < -0.39 is 0 Å². The van der Waals surface area contributed by atoms with Crippen molar-refractivity contribution in [1.29, 1.82) is 0 Å². The van der Waals surface area contributed by atoms with Crippen LogP contribution in [-0.4, -0.2) is 39.4 Å². The molecule has 2 aromatic rings. The van der Waals surface area contributed by atoms with E-state index in [1.165, 1.54) is 22.5 Å². The Hall–Kier alpha value is -1.99. The Bertz CT molecular complexity index is 703. The van der Waals surface area contributed by atoms with Crippen molar-refractivity contribution < 1.29 is 9.90 Å². The Morgan fingerprint density at radius 2 is 2.25 bits per heavy atom. The van der Waals surface area contributed by atoms with Gasteiger partial charge in [-0.25, -0.2) is 4.79 Å². The molecule has 1 atom stereocenters. The van der Waals surface area contributed by atoms with Crippen molar-refractivity contribution in [3.63, 3.8) is 0 Å². The second-order valence-electron chi connectivity index (χ2n) is 5.85. The number of aliphatic hydroxyl groups excluding tert-OH is 1. The van der Waals surface area contributed by atoms with Crippen LogP contribution in [0.2, 0.25) is 0 Å². The minimum atomic E-state index is -0.232. The Balaban J connectivity index is 1.74. The summed E-state index contributed by atoms with van der Waals surface area (Å²) in [4.78, 5) is 14.4. The molecular weight excluding hydrogens is 324 g/mol. The molecule has 2 N–H and O–H groups in total. The number of fused-ring (bicyclic) bond motifs is 1. The van der Waals surface area contributed by atoms with Crippen molar-refractivity contribution in [2.75, 3.05) is 18.5 Å². The number of aromatic nitrogens is 2. The summed E-state index contributed by atoms with van der Waals surface area (Å²) in [5, 5.41) is 21.8. The number of amides is 2. The first-order chi connectivity index (χ1) is 11.7. The molecule has 1 aromatic heterocycles. The number of aliphatic hydroxyl groups is 1. The lowest BCUT2D eigenvalue weighted by molar-refractivity contribution is 0.162. The topological polar surface area (TPSA) is 78.4 Å². The third-order valence-corrected chi connectivity index (χ3v) is 5.12. The zero-order valence-electron chi connectivity index (χ0n) is 13.7. The molecule has 1 aliphatic carbocycles. The first-order valence-electron chi connectivity index (χ1n) is 8.31. The van der Waals surface area contributed by atoms with Crippen molar-refractivity contribution in [3.8, 4) is 0 Å². The van der Waals surface area contributed by atoms with Crippen LogP contribution in [0.15, 0.2) is 24.3 Å². The number of nitrogens with zero attached hydrogens (tertiary/aromatic N) is 3. The molecule has 1 unspecified atom stereocenters. The van der Waals surface area contributed by atoms with E-state index in [2.05, 4.69) is 34.6 Å². The van der Waals surface area contributed by atoms with Gasteiger partial charge in [0.1, 0.15) is 5.01 Å². The van der Waals surface area contributed by atoms with E-state index in [-0.39, 0.29) is 18.7 Å². The van der Waals surface area contributed by atoms with Crippen LogP contribution < -0.4 is 5.32 Å². The Morgan fingerprint density at radius 1 is 1.42 bits per heavy atom. The van der Waals surface area contributed by atoms with Crippen molar-refractivity contribution in [2.45, 2.75) is 38.6 Å². The summed E-state index contributed by atoms with van der Waals surface area (Å²) >= 11 is 1.41. The minimum Gasteiger partial charge on any atom is -0.395 e. The fourth-order valence-electron chi connectivity index (χ4n) is 3.15. The predicted molar refractivity (Wildman–Crippen MR) is 94.2 cm³/mol. The second-order valence-corrected chi connectivity index (χ2v) is 6.91. The molecule has 0 saturated carbocycles. The van der Waals surface area contributed by atoms with Gasteiger partial charge in [-0.1, -0.05) is 42.5 Å². The summed E-state index contributed by atoms with van der Waals surface area (Å²) in [6, 6.07) is 7.95. The van der Waals surface area contributed by atoms with Gasteiger partial charge in [-0.05, 0) is 30.4 Å². The monoisotopic (exact) mass is 346 g/mol. The van der Waals surface area contributed by atoms with Crippen molar-refractivity contribution in [3.05, 3.63) is 40.4 Å². The van der Waals surface area contributed by atoms with Crippen molar-refractivity contribution >= 4 is 22.5 Å². The first kappa shape index (κ1) is 16.9. The summed E-state index contributed by atoms with van der Waals surface area (Å²) in [7, 11) is 0. The van der Waals surface area contributed by atoms with Crippen LogP contribution in [0.25, 0.3) is 0 Å². The van der Waals surface area contributed by atoms with Crippen molar-refractivity contribution in [1.82, 2.24) is 15.1 Å². The lowest BCUT2D eigenvalue weighted by Gasteiger charge is -2.28. The number of carbonyl (C=O) groups is 1. The first-order valence-corrected chi connectivity index (χ1v) is 9.13. The molecule has 1 heterocycles. The zero-order chi connectivity index (χ0) is 16.9. The molecule has 24 heavy (non-hydrogen) atoms. The van der Waals surface area contributed by atoms with Crippen LogP contribution >= 0.6 is 11.3 Å². The highest BCUT2D eigenvalue weighted by Gasteiger charge is 2.30. The maximum absolute atomic E-state index is 12.7. The number of anilines is 1. The predicted octanol–water partition coefficient (Wildman–Crippen LogP) is 3.00. The molecule has 128 valence electrons. The van der Waals surface area contributed by atoms with Gasteiger partial charge in [-0.3, -0.25) is 5.32 Å². The van der Waals surface area contributed by atoms with E-state index in [1.807, 2.05) is 12.1 Å². The molecular formula is C17H22N4O2S. The lowest BCUT2D eigenvalue weighted by Crippen LogP contribution is -2.39. The number of urea groups is 1.